The Morgan fingerprint density at radius 2 is 1.88 bits per heavy atom. The Bertz CT molecular complexity index is 1130. The zero-order valence-corrected chi connectivity index (χ0v) is 24.9. The fraction of sp³-hybridized carbons (Fsp3) is 0.548. The van der Waals surface area contributed by atoms with Gasteiger partial charge in [0, 0.05) is 18.2 Å². The maximum atomic E-state index is 13.2. The van der Waals surface area contributed by atoms with E-state index in [0.29, 0.717) is 23.7 Å². The van der Waals surface area contributed by atoms with Crippen molar-refractivity contribution in [2.45, 2.75) is 91.5 Å². The van der Waals surface area contributed by atoms with E-state index in [9.17, 15) is 22.8 Å². The molecule has 2 fully saturated rings. The number of alkyl halides is 3. The smallest absolute Gasteiger partial charge is 0.408 e. The maximum absolute atomic E-state index is 13.2. The third kappa shape index (κ3) is 12.0. The molecule has 0 spiro atoms. The minimum atomic E-state index is -4.21. The van der Waals surface area contributed by atoms with Crippen LogP contribution in [0, 0.1) is 36.5 Å². The summed E-state index contributed by atoms with van der Waals surface area (Å²) in [5.41, 5.74) is 0.389. The first kappa shape index (κ1) is 36.2. The number of nitrogens with one attached hydrogen (secondary N) is 4. The van der Waals surface area contributed by atoms with Crippen LogP contribution in [-0.4, -0.2) is 40.4 Å². The van der Waals surface area contributed by atoms with Gasteiger partial charge in [0.25, 0.3) is 0 Å². The summed E-state index contributed by atoms with van der Waals surface area (Å²) >= 11 is 0. The average Bonchev–Trinajstić information content (AvgIpc) is 3.67. The minimum Gasteiger partial charge on any atom is -0.445 e. The van der Waals surface area contributed by atoms with Gasteiger partial charge in [-0.3, -0.25) is 4.79 Å². The summed E-state index contributed by atoms with van der Waals surface area (Å²) < 4.78 is 44.8. The SMILES string of the molecule is C#C.CC.CC(=N)CC1CCCNC1=O.Cc1ncc(C(CCC2(C(F)(F)F)CC2)NC(=O)OCc2ccccc2)[nH]1. The first-order chi connectivity index (χ1) is 20.0. The topological polar surface area (TPSA) is 120 Å². The fourth-order valence-corrected chi connectivity index (χ4v) is 4.48. The van der Waals surface area contributed by atoms with Crippen molar-refractivity contribution in [2.24, 2.45) is 11.3 Å². The fourth-order valence-electron chi connectivity index (χ4n) is 4.48. The predicted molar refractivity (Wildman–Crippen MR) is 158 cm³/mol. The molecule has 1 saturated heterocycles. The first-order valence-corrected chi connectivity index (χ1v) is 14.2. The third-order valence-corrected chi connectivity index (χ3v) is 6.92. The van der Waals surface area contributed by atoms with Crippen LogP contribution in [0.1, 0.15) is 88.8 Å². The number of alkyl carbamates (subject to hydrolysis) is 1. The van der Waals surface area contributed by atoms with Gasteiger partial charge in [-0.1, -0.05) is 44.2 Å². The number of nitrogens with zero attached hydrogens (tertiary/aromatic N) is 1. The van der Waals surface area contributed by atoms with Gasteiger partial charge < -0.3 is 25.8 Å². The van der Waals surface area contributed by atoms with Crippen LogP contribution < -0.4 is 10.6 Å². The molecule has 11 heteroatoms. The molecule has 1 aliphatic heterocycles. The molecule has 0 bridgehead atoms. The number of imidazole rings is 1. The van der Waals surface area contributed by atoms with Crippen LogP contribution in [0.25, 0.3) is 0 Å². The molecule has 0 radical (unpaired) electrons. The zero-order valence-electron chi connectivity index (χ0n) is 24.9. The quantitative estimate of drug-likeness (QED) is 0.185. The van der Waals surface area contributed by atoms with Gasteiger partial charge in [0.15, 0.2) is 0 Å². The van der Waals surface area contributed by atoms with E-state index in [-0.39, 0.29) is 44.1 Å². The minimum absolute atomic E-state index is 0.0435. The number of hydrogen-bond acceptors (Lipinski definition) is 5. The van der Waals surface area contributed by atoms with Crippen LogP contribution in [0.2, 0.25) is 0 Å². The van der Waals surface area contributed by atoms with Crippen LogP contribution in [0.3, 0.4) is 0 Å². The van der Waals surface area contributed by atoms with E-state index in [1.807, 2.05) is 44.2 Å². The van der Waals surface area contributed by atoms with Crippen molar-refractivity contribution in [3.8, 4) is 12.8 Å². The second-order valence-corrected chi connectivity index (χ2v) is 10.1. The lowest BCUT2D eigenvalue weighted by molar-refractivity contribution is -0.189. The summed E-state index contributed by atoms with van der Waals surface area (Å²) in [6.45, 7) is 8.40. The van der Waals surface area contributed by atoms with Crippen molar-refractivity contribution in [3.63, 3.8) is 0 Å². The second kappa shape index (κ2) is 17.9. The van der Waals surface area contributed by atoms with Gasteiger partial charge in [0.05, 0.1) is 23.3 Å². The molecule has 2 unspecified atom stereocenters. The molecule has 42 heavy (non-hydrogen) atoms. The van der Waals surface area contributed by atoms with Crippen molar-refractivity contribution >= 4 is 17.7 Å². The molecule has 4 rings (SSSR count). The highest BCUT2D eigenvalue weighted by atomic mass is 19.4. The van der Waals surface area contributed by atoms with E-state index in [1.54, 1.807) is 13.8 Å². The first-order valence-electron chi connectivity index (χ1n) is 14.2. The number of aryl methyl sites for hydroxylation is 1. The molecular formula is C31H44F3N5O3. The van der Waals surface area contributed by atoms with Gasteiger partial charge in [-0.25, -0.2) is 9.78 Å². The lowest BCUT2D eigenvalue weighted by Crippen LogP contribution is -2.37. The van der Waals surface area contributed by atoms with Gasteiger partial charge in [0.1, 0.15) is 12.4 Å². The zero-order chi connectivity index (χ0) is 31.8. The number of aromatic nitrogens is 2. The number of amides is 2. The molecule has 2 amide bonds. The Labute approximate surface area is 247 Å². The number of terminal acetylenes is 1. The molecule has 4 N–H and O–H groups in total. The predicted octanol–water partition coefficient (Wildman–Crippen LogP) is 7.03. The van der Waals surface area contributed by atoms with Crippen molar-refractivity contribution in [1.82, 2.24) is 20.6 Å². The number of aromatic amines is 1. The van der Waals surface area contributed by atoms with E-state index in [2.05, 4.69) is 33.4 Å². The van der Waals surface area contributed by atoms with Gasteiger partial charge in [0.2, 0.25) is 5.91 Å². The average molecular weight is 592 g/mol. The molecule has 2 atom stereocenters. The Morgan fingerprint density at radius 1 is 1.24 bits per heavy atom. The van der Waals surface area contributed by atoms with Crippen LogP contribution in [0.5, 0.6) is 0 Å². The van der Waals surface area contributed by atoms with E-state index >= 15 is 0 Å². The van der Waals surface area contributed by atoms with E-state index in [4.69, 9.17) is 10.1 Å². The number of H-pyrrole nitrogens is 1. The lowest BCUT2D eigenvalue weighted by Gasteiger charge is -2.23. The number of carbonyl (C=O) groups is 2. The molecule has 232 valence electrons. The lowest BCUT2D eigenvalue weighted by atomic mass is 9.93. The van der Waals surface area contributed by atoms with Crippen LogP contribution in [0.15, 0.2) is 36.5 Å². The second-order valence-electron chi connectivity index (χ2n) is 10.1. The molecule has 2 aromatic rings. The van der Waals surface area contributed by atoms with Gasteiger partial charge in [-0.15, -0.1) is 12.8 Å². The van der Waals surface area contributed by atoms with Gasteiger partial charge in [-0.2, -0.15) is 13.2 Å². The van der Waals surface area contributed by atoms with Gasteiger partial charge in [-0.05, 0) is 64.4 Å². The highest BCUT2D eigenvalue weighted by Crippen LogP contribution is 2.61. The van der Waals surface area contributed by atoms with Crippen molar-refractivity contribution < 1.29 is 27.5 Å². The Morgan fingerprint density at radius 3 is 2.38 bits per heavy atom. The number of hydrogen-bond donors (Lipinski definition) is 4. The highest BCUT2D eigenvalue weighted by molar-refractivity contribution is 5.87. The number of piperidine rings is 1. The molecule has 1 aromatic carbocycles. The monoisotopic (exact) mass is 591 g/mol. The molecule has 8 nitrogen and oxygen atoms in total. The Kier molecular flexibility index (Phi) is 15.4. The van der Waals surface area contributed by atoms with E-state index in [1.165, 1.54) is 6.20 Å². The Balaban J connectivity index is 0.000000491. The number of benzene rings is 1. The molecule has 1 aliphatic carbocycles. The summed E-state index contributed by atoms with van der Waals surface area (Å²) in [7, 11) is 0. The number of halogens is 3. The summed E-state index contributed by atoms with van der Waals surface area (Å²) in [5, 5.41) is 12.7. The highest BCUT2D eigenvalue weighted by Gasteiger charge is 2.62. The Hall–Kier alpha value is -3.81. The summed E-state index contributed by atoms with van der Waals surface area (Å²) in [6, 6.07) is 8.55. The summed E-state index contributed by atoms with van der Waals surface area (Å²) in [4.78, 5) is 30.3. The van der Waals surface area contributed by atoms with Crippen molar-refractivity contribution in [3.05, 3.63) is 53.6 Å². The van der Waals surface area contributed by atoms with Crippen molar-refractivity contribution in [2.75, 3.05) is 6.54 Å². The summed E-state index contributed by atoms with van der Waals surface area (Å²) in [6.07, 6.45) is 7.68. The molecule has 1 saturated carbocycles. The van der Waals surface area contributed by atoms with E-state index in [0.717, 1.165) is 24.9 Å². The largest absolute Gasteiger partial charge is 0.445 e. The van der Waals surface area contributed by atoms with Crippen molar-refractivity contribution in [1.29, 1.82) is 5.41 Å². The number of rotatable bonds is 9. The van der Waals surface area contributed by atoms with Gasteiger partial charge >= 0.3 is 12.3 Å². The number of ether oxygens (including phenoxy) is 1. The van der Waals surface area contributed by atoms with Crippen LogP contribution >= 0.6 is 0 Å². The molecular weight excluding hydrogens is 547 g/mol. The normalized spacial score (nSPS) is 17.3. The standard InChI is InChI=1S/C19H22F3N3O2.C8H14N2O.C2H6.C2H2/c1-13-23-11-16(24-13)15(7-8-18(9-10-18)19(20,21)22)25-17(26)27-12-14-5-3-2-4-6-14;1-6(9)5-7-3-2-4-10-8(7)11;2*1-2/h2-6,11,15H,7-10,12H2,1H3,(H,23,24)(H,25,26);7,9H,2-5H2,1H3,(H,10,11);1-2H3;1-2H. The molecule has 1 aromatic heterocycles. The maximum Gasteiger partial charge on any atom is 0.408 e. The number of carbonyl (C=O) groups excluding carboxylic acids is 2. The van der Waals surface area contributed by atoms with E-state index < -0.39 is 23.7 Å². The molecule has 2 heterocycles. The van der Waals surface area contributed by atoms with Crippen LogP contribution in [-0.2, 0) is 16.1 Å². The molecule has 2 aliphatic rings. The summed E-state index contributed by atoms with van der Waals surface area (Å²) in [5.74, 6) is 0.829. The third-order valence-electron chi connectivity index (χ3n) is 6.92. The van der Waals surface area contributed by atoms with Crippen LogP contribution in [0.4, 0.5) is 18.0 Å².